The van der Waals surface area contributed by atoms with Gasteiger partial charge in [0, 0.05) is 11.3 Å². The van der Waals surface area contributed by atoms with Crippen LogP contribution >= 0.6 is 24.0 Å². The molecule has 3 aromatic rings. The van der Waals surface area contributed by atoms with E-state index in [0.717, 1.165) is 22.3 Å². The van der Waals surface area contributed by atoms with Crippen LogP contribution < -0.4 is 25.0 Å². The molecule has 3 amide bonds. The fourth-order valence-corrected chi connectivity index (χ4v) is 4.78. The maximum absolute atomic E-state index is 13.0. The minimum Gasteiger partial charge on any atom is -0.497 e. The minimum atomic E-state index is -0.480. The van der Waals surface area contributed by atoms with Crippen LogP contribution in [0.5, 0.6) is 17.2 Å². The van der Waals surface area contributed by atoms with E-state index in [4.69, 9.17) is 26.4 Å². The summed E-state index contributed by atoms with van der Waals surface area (Å²) >= 11 is 6.40. The number of methoxy groups -OCH3 is 1. The van der Waals surface area contributed by atoms with Gasteiger partial charge in [-0.05, 0) is 86.2 Å². The van der Waals surface area contributed by atoms with Gasteiger partial charge in [0.25, 0.3) is 17.7 Å². The highest BCUT2D eigenvalue weighted by molar-refractivity contribution is 8.26. The van der Waals surface area contributed by atoms with Gasteiger partial charge < -0.3 is 19.5 Å². The number of hydrazine groups is 1. The Morgan fingerprint density at radius 2 is 1.73 bits per heavy atom. The average Bonchev–Trinajstić information content (AvgIpc) is 3.21. The van der Waals surface area contributed by atoms with Crippen molar-refractivity contribution in [1.29, 1.82) is 0 Å². The predicted molar refractivity (Wildman–Crippen MR) is 158 cm³/mol. The number of hydrogen-bond acceptors (Lipinski definition) is 8. The van der Waals surface area contributed by atoms with E-state index in [-0.39, 0.29) is 16.8 Å². The van der Waals surface area contributed by atoms with Crippen LogP contribution in [0.1, 0.15) is 28.4 Å². The highest BCUT2D eigenvalue weighted by Gasteiger charge is 2.34. The van der Waals surface area contributed by atoms with Crippen molar-refractivity contribution in [3.05, 3.63) is 88.3 Å². The lowest BCUT2D eigenvalue weighted by Gasteiger charge is -2.15. The summed E-state index contributed by atoms with van der Waals surface area (Å²) in [6, 6.07) is 19.1. The standard InChI is InChI=1S/C29H27N3O6S2/c1-4-37-24-15-19(7-14-23(24)38-17-26(33)30-21-10-5-18(2)6-11-21)16-25-28(35)32(29(39)40-25)31-27(34)20-8-12-22(36-3)13-9-20/h5-16H,4,17H2,1-3H3,(H,30,33)(H,31,34)/b25-16-. The maximum atomic E-state index is 13.0. The third-order valence-corrected chi connectivity index (χ3v) is 6.92. The zero-order chi connectivity index (χ0) is 28.6. The lowest BCUT2D eigenvalue weighted by molar-refractivity contribution is -0.123. The quantitative estimate of drug-likeness (QED) is 0.257. The number of rotatable bonds is 10. The number of thiocarbonyl (C=S) groups is 1. The van der Waals surface area contributed by atoms with E-state index >= 15 is 0 Å². The van der Waals surface area contributed by atoms with Crippen molar-refractivity contribution in [3.8, 4) is 17.2 Å². The summed E-state index contributed by atoms with van der Waals surface area (Å²) in [5, 5.41) is 3.83. The van der Waals surface area contributed by atoms with Gasteiger partial charge in [0.2, 0.25) is 0 Å². The van der Waals surface area contributed by atoms with E-state index in [1.165, 1.54) is 7.11 Å². The predicted octanol–water partition coefficient (Wildman–Crippen LogP) is 4.97. The van der Waals surface area contributed by atoms with E-state index in [9.17, 15) is 14.4 Å². The number of hydrogen-bond donors (Lipinski definition) is 2. The van der Waals surface area contributed by atoms with Gasteiger partial charge in [-0.1, -0.05) is 35.5 Å². The SMILES string of the molecule is CCOc1cc(/C=C2\SC(=S)N(NC(=O)c3ccc(OC)cc3)C2=O)ccc1OCC(=O)Nc1ccc(C)cc1. The molecule has 206 valence electrons. The number of carbonyl (C=O) groups is 3. The molecule has 4 rings (SSSR count). The number of nitrogens with zero attached hydrogens (tertiary/aromatic N) is 1. The van der Waals surface area contributed by atoms with Crippen molar-refractivity contribution < 1.29 is 28.6 Å². The van der Waals surface area contributed by atoms with Crippen LogP contribution in [0.25, 0.3) is 6.08 Å². The van der Waals surface area contributed by atoms with Crippen molar-refractivity contribution >= 4 is 57.8 Å². The largest absolute Gasteiger partial charge is 0.497 e. The van der Waals surface area contributed by atoms with E-state index in [1.54, 1.807) is 48.5 Å². The first-order valence-corrected chi connectivity index (χ1v) is 13.5. The number of nitrogens with one attached hydrogen (secondary N) is 2. The number of benzene rings is 3. The molecular formula is C29H27N3O6S2. The van der Waals surface area contributed by atoms with Crippen molar-refractivity contribution in [2.45, 2.75) is 13.8 Å². The summed E-state index contributed by atoms with van der Waals surface area (Å²) in [6.07, 6.45) is 1.65. The Bertz CT molecular complexity index is 1460. The number of ether oxygens (including phenoxy) is 3. The van der Waals surface area contributed by atoms with Crippen LogP contribution in [0.2, 0.25) is 0 Å². The number of amides is 3. The van der Waals surface area contributed by atoms with Gasteiger partial charge in [-0.3, -0.25) is 19.8 Å². The molecule has 11 heteroatoms. The number of thioether (sulfide) groups is 1. The molecule has 0 saturated carbocycles. The van der Waals surface area contributed by atoms with Gasteiger partial charge in [-0.2, -0.15) is 5.01 Å². The highest BCUT2D eigenvalue weighted by atomic mass is 32.2. The second kappa shape index (κ2) is 13.1. The summed E-state index contributed by atoms with van der Waals surface area (Å²) in [4.78, 5) is 38.3. The molecule has 0 aromatic heterocycles. The van der Waals surface area contributed by atoms with E-state index in [2.05, 4.69) is 10.7 Å². The Hall–Kier alpha value is -4.35. The van der Waals surface area contributed by atoms with Crippen molar-refractivity contribution in [1.82, 2.24) is 10.4 Å². The number of carbonyl (C=O) groups excluding carboxylic acids is 3. The molecule has 0 bridgehead atoms. The zero-order valence-corrected chi connectivity index (χ0v) is 23.7. The van der Waals surface area contributed by atoms with Crippen LogP contribution in [0.15, 0.2) is 71.6 Å². The van der Waals surface area contributed by atoms with E-state index in [1.807, 2.05) is 38.1 Å². The number of aryl methyl sites for hydroxylation is 1. The summed E-state index contributed by atoms with van der Waals surface area (Å²) < 4.78 is 16.7. The first-order chi connectivity index (χ1) is 19.3. The third-order valence-electron chi connectivity index (χ3n) is 5.62. The lowest BCUT2D eigenvalue weighted by Crippen LogP contribution is -2.44. The first-order valence-electron chi connectivity index (χ1n) is 12.3. The van der Waals surface area contributed by atoms with Gasteiger partial charge in [0.05, 0.1) is 18.6 Å². The fraction of sp³-hybridized carbons (Fsp3) is 0.172. The Kier molecular flexibility index (Phi) is 9.41. The second-order valence-corrected chi connectivity index (χ2v) is 10.2. The molecular weight excluding hydrogens is 550 g/mol. The van der Waals surface area contributed by atoms with Gasteiger partial charge in [0.15, 0.2) is 22.4 Å². The van der Waals surface area contributed by atoms with E-state index < -0.39 is 11.8 Å². The molecule has 1 aliphatic heterocycles. The van der Waals surface area contributed by atoms with Crippen molar-refractivity contribution in [2.75, 3.05) is 25.6 Å². The maximum Gasteiger partial charge on any atom is 0.285 e. The fourth-order valence-electron chi connectivity index (χ4n) is 3.60. The molecule has 0 aliphatic carbocycles. The summed E-state index contributed by atoms with van der Waals surface area (Å²) in [5.41, 5.74) is 5.33. The molecule has 1 aliphatic rings. The van der Waals surface area contributed by atoms with Crippen molar-refractivity contribution in [2.24, 2.45) is 0 Å². The summed E-state index contributed by atoms with van der Waals surface area (Å²) in [6.45, 7) is 3.96. The Morgan fingerprint density at radius 3 is 2.40 bits per heavy atom. The first kappa shape index (κ1) is 28.7. The van der Waals surface area contributed by atoms with Crippen LogP contribution in [0.3, 0.4) is 0 Å². The smallest absolute Gasteiger partial charge is 0.285 e. The molecule has 9 nitrogen and oxygen atoms in total. The molecule has 3 aromatic carbocycles. The van der Waals surface area contributed by atoms with Gasteiger partial charge in [0.1, 0.15) is 5.75 Å². The van der Waals surface area contributed by atoms with E-state index in [0.29, 0.717) is 45.6 Å². The lowest BCUT2D eigenvalue weighted by atomic mass is 10.2. The third kappa shape index (κ3) is 7.19. The Morgan fingerprint density at radius 1 is 1.00 bits per heavy atom. The molecule has 0 atom stereocenters. The Balaban J connectivity index is 1.42. The van der Waals surface area contributed by atoms with Crippen LogP contribution in [0, 0.1) is 6.92 Å². The summed E-state index contributed by atoms with van der Waals surface area (Å²) in [7, 11) is 1.53. The molecule has 2 N–H and O–H groups in total. The normalized spacial score (nSPS) is 13.8. The van der Waals surface area contributed by atoms with Gasteiger partial charge >= 0.3 is 0 Å². The average molecular weight is 578 g/mol. The molecule has 0 radical (unpaired) electrons. The van der Waals surface area contributed by atoms with Crippen LogP contribution in [-0.2, 0) is 9.59 Å². The minimum absolute atomic E-state index is 0.197. The van der Waals surface area contributed by atoms with Crippen LogP contribution in [0.4, 0.5) is 5.69 Å². The molecule has 1 saturated heterocycles. The zero-order valence-electron chi connectivity index (χ0n) is 22.1. The molecule has 40 heavy (non-hydrogen) atoms. The monoisotopic (exact) mass is 577 g/mol. The highest BCUT2D eigenvalue weighted by Crippen LogP contribution is 2.34. The topological polar surface area (TPSA) is 106 Å². The Labute approximate surface area is 241 Å². The summed E-state index contributed by atoms with van der Waals surface area (Å²) in [5.74, 6) is 0.170. The molecule has 1 fully saturated rings. The molecule has 0 spiro atoms. The van der Waals surface area contributed by atoms with Crippen LogP contribution in [-0.4, -0.2) is 47.4 Å². The molecule has 0 unspecified atom stereocenters. The molecule has 1 heterocycles. The number of anilines is 1. The van der Waals surface area contributed by atoms with Crippen molar-refractivity contribution in [3.63, 3.8) is 0 Å². The second-order valence-electron chi connectivity index (χ2n) is 8.53. The van der Waals surface area contributed by atoms with Gasteiger partial charge in [-0.25, -0.2) is 0 Å². The van der Waals surface area contributed by atoms with Gasteiger partial charge in [-0.15, -0.1) is 0 Å².